The molecule has 1 fully saturated rings. The van der Waals surface area contributed by atoms with Crippen LogP contribution in [0.1, 0.15) is 12.5 Å². The number of hydrogen-bond donors (Lipinski definition) is 1. The summed E-state index contributed by atoms with van der Waals surface area (Å²) in [6.45, 7) is 0.745. The first-order valence-electron chi connectivity index (χ1n) is 5.52. The van der Waals surface area contributed by atoms with Gasteiger partial charge in [-0.05, 0) is 18.6 Å². The number of imidazole rings is 1. The second-order valence-corrected chi connectivity index (χ2v) is 4.25. The number of anilines is 1. The number of likely N-dealkylation sites (N-methyl/N-ethyl adjacent to an activating group) is 1. The summed E-state index contributed by atoms with van der Waals surface area (Å²) in [5.74, 6) is 0.425. The second kappa shape index (κ2) is 3.44. The van der Waals surface area contributed by atoms with Crippen molar-refractivity contribution in [3.05, 3.63) is 18.3 Å². The van der Waals surface area contributed by atoms with Gasteiger partial charge in [-0.2, -0.15) is 0 Å². The van der Waals surface area contributed by atoms with Gasteiger partial charge in [0.1, 0.15) is 11.6 Å². The Hall–Kier alpha value is -2.11. The van der Waals surface area contributed by atoms with Crippen LogP contribution in [0.4, 0.5) is 5.95 Å². The van der Waals surface area contributed by atoms with Crippen LogP contribution >= 0.6 is 0 Å². The Kier molecular flexibility index (Phi) is 2.04. The molecule has 2 aromatic heterocycles. The van der Waals surface area contributed by atoms with E-state index in [4.69, 9.17) is 5.73 Å². The van der Waals surface area contributed by atoms with Crippen LogP contribution in [0, 0.1) is 0 Å². The average molecular weight is 231 g/mol. The Labute approximate surface area is 98.1 Å². The van der Waals surface area contributed by atoms with Gasteiger partial charge < -0.3 is 10.6 Å². The highest BCUT2D eigenvalue weighted by Crippen LogP contribution is 2.28. The zero-order valence-electron chi connectivity index (χ0n) is 9.50. The van der Waals surface area contributed by atoms with Crippen molar-refractivity contribution in [2.24, 2.45) is 0 Å². The third kappa shape index (κ3) is 1.37. The van der Waals surface area contributed by atoms with Gasteiger partial charge in [-0.1, -0.05) is 0 Å². The first-order valence-corrected chi connectivity index (χ1v) is 5.52. The van der Waals surface area contributed by atoms with E-state index in [1.54, 1.807) is 22.7 Å². The highest BCUT2D eigenvalue weighted by molar-refractivity contribution is 5.85. The van der Waals surface area contributed by atoms with E-state index in [0.717, 1.165) is 18.5 Å². The van der Waals surface area contributed by atoms with Crippen molar-refractivity contribution in [2.45, 2.75) is 12.5 Å². The van der Waals surface area contributed by atoms with Gasteiger partial charge in [-0.15, -0.1) is 0 Å². The minimum absolute atomic E-state index is 0.0710. The molecule has 1 saturated heterocycles. The van der Waals surface area contributed by atoms with Gasteiger partial charge in [0.2, 0.25) is 11.9 Å². The maximum atomic E-state index is 12.0. The lowest BCUT2D eigenvalue weighted by Crippen LogP contribution is -2.25. The standard InChI is InChI=1S/C11H13N5O/c1-15-6-4-8(10(15)17)16-9-7(14-11(16)12)3-2-5-13-9/h2-3,5,8H,4,6H2,1H3,(H2,12,14). The minimum atomic E-state index is -0.264. The first kappa shape index (κ1) is 10.1. The van der Waals surface area contributed by atoms with Gasteiger partial charge in [0.05, 0.1) is 0 Å². The maximum absolute atomic E-state index is 12.0. The zero-order chi connectivity index (χ0) is 12.0. The summed E-state index contributed by atoms with van der Waals surface area (Å²) < 4.78 is 1.74. The van der Waals surface area contributed by atoms with E-state index < -0.39 is 0 Å². The number of nitrogen functional groups attached to an aromatic ring is 1. The normalized spacial score (nSPS) is 20.4. The summed E-state index contributed by atoms with van der Waals surface area (Å²) in [4.78, 5) is 22.2. The average Bonchev–Trinajstić information content (AvgIpc) is 2.80. The van der Waals surface area contributed by atoms with Crippen LogP contribution in [-0.4, -0.2) is 38.9 Å². The molecule has 6 heteroatoms. The third-order valence-corrected chi connectivity index (χ3v) is 3.19. The summed E-state index contributed by atoms with van der Waals surface area (Å²) in [5, 5.41) is 0. The molecule has 0 aromatic carbocycles. The molecule has 1 aliphatic heterocycles. The summed E-state index contributed by atoms with van der Waals surface area (Å²) in [5.41, 5.74) is 7.29. The molecule has 0 bridgehead atoms. The number of aromatic nitrogens is 3. The molecule has 1 atom stereocenters. The number of carbonyl (C=O) groups is 1. The van der Waals surface area contributed by atoms with Crippen molar-refractivity contribution in [3.63, 3.8) is 0 Å². The molecule has 0 saturated carbocycles. The number of nitrogens with two attached hydrogens (primary N) is 1. The van der Waals surface area contributed by atoms with Crippen molar-refractivity contribution in [1.82, 2.24) is 19.4 Å². The molecule has 0 aliphatic carbocycles. The van der Waals surface area contributed by atoms with Gasteiger partial charge >= 0.3 is 0 Å². The number of hydrogen-bond acceptors (Lipinski definition) is 4. The van der Waals surface area contributed by atoms with E-state index in [9.17, 15) is 4.79 Å². The molecular formula is C11H13N5O. The van der Waals surface area contributed by atoms with Crippen LogP contribution in [0.15, 0.2) is 18.3 Å². The van der Waals surface area contributed by atoms with E-state index in [1.807, 2.05) is 12.1 Å². The van der Waals surface area contributed by atoms with Crippen molar-refractivity contribution >= 4 is 23.0 Å². The summed E-state index contributed by atoms with van der Waals surface area (Å²) in [6, 6.07) is 3.39. The SMILES string of the molecule is CN1CCC(n2c(N)nc3cccnc32)C1=O. The van der Waals surface area contributed by atoms with Crippen molar-refractivity contribution in [3.8, 4) is 0 Å². The molecule has 17 heavy (non-hydrogen) atoms. The lowest BCUT2D eigenvalue weighted by molar-refractivity contribution is -0.129. The number of nitrogens with zero attached hydrogens (tertiary/aromatic N) is 4. The summed E-state index contributed by atoms with van der Waals surface area (Å²) in [6.07, 6.45) is 2.44. The number of pyridine rings is 1. The van der Waals surface area contributed by atoms with Crippen LogP contribution in [0.5, 0.6) is 0 Å². The predicted octanol–water partition coefficient (Wildman–Crippen LogP) is 0.417. The molecule has 1 unspecified atom stereocenters. The molecule has 2 N–H and O–H groups in total. The van der Waals surface area contributed by atoms with Crippen LogP contribution in [0.3, 0.4) is 0 Å². The second-order valence-electron chi connectivity index (χ2n) is 4.25. The van der Waals surface area contributed by atoms with E-state index in [0.29, 0.717) is 11.6 Å². The van der Waals surface area contributed by atoms with Crippen LogP contribution in [0.25, 0.3) is 11.2 Å². The highest BCUT2D eigenvalue weighted by Gasteiger charge is 2.33. The Bertz CT molecular complexity index is 591. The van der Waals surface area contributed by atoms with Gasteiger partial charge in [0, 0.05) is 19.8 Å². The van der Waals surface area contributed by atoms with Gasteiger partial charge in [0.15, 0.2) is 5.65 Å². The lowest BCUT2D eigenvalue weighted by atomic mass is 10.2. The van der Waals surface area contributed by atoms with Crippen LogP contribution in [-0.2, 0) is 4.79 Å². The van der Waals surface area contributed by atoms with Gasteiger partial charge in [-0.25, -0.2) is 9.97 Å². The molecule has 1 amide bonds. The number of carbonyl (C=O) groups excluding carboxylic acids is 1. The smallest absolute Gasteiger partial charge is 0.245 e. The maximum Gasteiger partial charge on any atom is 0.245 e. The van der Waals surface area contributed by atoms with Gasteiger partial charge in [-0.3, -0.25) is 9.36 Å². The van der Waals surface area contributed by atoms with E-state index in [2.05, 4.69) is 9.97 Å². The zero-order valence-corrected chi connectivity index (χ0v) is 9.50. The van der Waals surface area contributed by atoms with E-state index in [1.165, 1.54) is 0 Å². The Morgan fingerprint density at radius 3 is 3.06 bits per heavy atom. The number of rotatable bonds is 1. The molecule has 3 heterocycles. The Morgan fingerprint density at radius 2 is 2.35 bits per heavy atom. The summed E-state index contributed by atoms with van der Waals surface area (Å²) in [7, 11) is 1.80. The van der Waals surface area contributed by atoms with Crippen LogP contribution in [0.2, 0.25) is 0 Å². The Balaban J connectivity index is 2.17. The number of fused-ring (bicyclic) bond motifs is 1. The third-order valence-electron chi connectivity index (χ3n) is 3.19. The molecule has 3 rings (SSSR count). The topological polar surface area (TPSA) is 77.0 Å². The van der Waals surface area contributed by atoms with Gasteiger partial charge in [0.25, 0.3) is 0 Å². The number of likely N-dealkylation sites (tertiary alicyclic amines) is 1. The Morgan fingerprint density at radius 1 is 1.53 bits per heavy atom. The van der Waals surface area contributed by atoms with E-state index in [-0.39, 0.29) is 11.9 Å². The number of amides is 1. The first-order chi connectivity index (χ1) is 8.18. The highest BCUT2D eigenvalue weighted by atomic mass is 16.2. The lowest BCUT2D eigenvalue weighted by Gasteiger charge is -2.13. The molecular weight excluding hydrogens is 218 g/mol. The fraction of sp³-hybridized carbons (Fsp3) is 0.364. The van der Waals surface area contributed by atoms with Crippen LogP contribution < -0.4 is 5.73 Å². The molecule has 1 aliphatic rings. The quantitative estimate of drug-likeness (QED) is 0.771. The molecule has 0 radical (unpaired) electrons. The fourth-order valence-electron chi connectivity index (χ4n) is 2.30. The van der Waals surface area contributed by atoms with Crippen molar-refractivity contribution in [2.75, 3.05) is 19.3 Å². The molecule has 0 spiro atoms. The molecule has 2 aromatic rings. The monoisotopic (exact) mass is 231 g/mol. The molecule has 6 nitrogen and oxygen atoms in total. The largest absolute Gasteiger partial charge is 0.369 e. The summed E-state index contributed by atoms with van der Waals surface area (Å²) >= 11 is 0. The molecule has 88 valence electrons. The van der Waals surface area contributed by atoms with Crippen molar-refractivity contribution in [1.29, 1.82) is 0 Å². The fourth-order valence-corrected chi connectivity index (χ4v) is 2.30. The predicted molar refractivity (Wildman–Crippen MR) is 63.2 cm³/mol. The van der Waals surface area contributed by atoms with E-state index >= 15 is 0 Å². The minimum Gasteiger partial charge on any atom is -0.369 e. The van der Waals surface area contributed by atoms with Crippen molar-refractivity contribution < 1.29 is 4.79 Å².